The third kappa shape index (κ3) is 3.85. The summed E-state index contributed by atoms with van der Waals surface area (Å²) in [7, 11) is 2.96. The van der Waals surface area contributed by atoms with E-state index in [1.807, 2.05) is 0 Å². The summed E-state index contributed by atoms with van der Waals surface area (Å²) in [6.45, 7) is 0.0613. The summed E-state index contributed by atoms with van der Waals surface area (Å²) in [5.41, 5.74) is -0.958. The first kappa shape index (κ1) is 20.2. The zero-order chi connectivity index (χ0) is 20.3. The Morgan fingerprint density at radius 2 is 2.00 bits per heavy atom. The summed E-state index contributed by atoms with van der Waals surface area (Å²) in [6.07, 6.45) is -1.18. The number of nitro groups is 1. The van der Waals surface area contributed by atoms with E-state index in [1.165, 1.54) is 38.5 Å². The number of nitrogens with zero attached hydrogens (tertiary/aromatic N) is 3. The zero-order valence-corrected chi connectivity index (χ0v) is 15.9. The van der Waals surface area contributed by atoms with Crippen LogP contribution in [0.4, 0.5) is 11.5 Å². The maximum Gasteiger partial charge on any atom is 0.270 e. The lowest BCUT2D eigenvalue weighted by Crippen LogP contribution is -2.60. The maximum absolute atomic E-state index is 11.2. The molecule has 0 amide bonds. The SMILES string of the molecule is COCC1(COC)Oc2ccc([N+](=O)[O-])cc2[C@@H](Nc2ccc(Cl)nn2)[C@@H]1O. The fourth-order valence-electron chi connectivity index (χ4n) is 3.21. The molecule has 0 saturated carbocycles. The molecule has 0 fully saturated rings. The number of aliphatic hydroxyl groups excluding tert-OH is 1. The van der Waals surface area contributed by atoms with Gasteiger partial charge >= 0.3 is 0 Å². The van der Waals surface area contributed by atoms with Gasteiger partial charge in [0.15, 0.2) is 10.8 Å². The highest BCUT2D eigenvalue weighted by molar-refractivity contribution is 6.29. The number of methoxy groups -OCH3 is 2. The number of nitro benzene ring substituents is 1. The van der Waals surface area contributed by atoms with Gasteiger partial charge in [0.25, 0.3) is 5.69 Å². The minimum absolute atomic E-state index is 0.0307. The molecule has 2 N–H and O–H groups in total. The minimum atomic E-state index is -1.23. The van der Waals surface area contributed by atoms with Crippen molar-refractivity contribution in [3.05, 3.63) is 51.2 Å². The van der Waals surface area contributed by atoms with Gasteiger partial charge in [-0.1, -0.05) is 11.6 Å². The van der Waals surface area contributed by atoms with Crippen molar-refractivity contribution in [1.82, 2.24) is 10.2 Å². The smallest absolute Gasteiger partial charge is 0.270 e. The molecule has 1 aromatic heterocycles. The van der Waals surface area contributed by atoms with Crippen LogP contribution in [0, 0.1) is 10.1 Å². The Hall–Kier alpha value is -2.53. The monoisotopic (exact) mass is 410 g/mol. The first-order chi connectivity index (χ1) is 13.4. The van der Waals surface area contributed by atoms with Gasteiger partial charge in [-0.3, -0.25) is 10.1 Å². The molecule has 0 radical (unpaired) electrons. The Kier molecular flexibility index (Phi) is 5.94. The molecular weight excluding hydrogens is 392 g/mol. The van der Waals surface area contributed by atoms with Gasteiger partial charge in [0.2, 0.25) is 0 Å². The van der Waals surface area contributed by atoms with E-state index in [4.69, 9.17) is 25.8 Å². The Balaban J connectivity index is 2.08. The van der Waals surface area contributed by atoms with Crippen LogP contribution in [0.3, 0.4) is 0 Å². The van der Waals surface area contributed by atoms with Crippen molar-refractivity contribution in [1.29, 1.82) is 0 Å². The number of fused-ring (bicyclic) bond motifs is 1. The highest BCUT2D eigenvalue weighted by Crippen LogP contribution is 2.43. The molecule has 0 saturated heterocycles. The number of aromatic nitrogens is 2. The van der Waals surface area contributed by atoms with E-state index in [0.717, 1.165) is 0 Å². The summed E-state index contributed by atoms with van der Waals surface area (Å²) < 4.78 is 16.5. The molecule has 0 bridgehead atoms. The predicted octanol–water partition coefficient (Wildman–Crippen LogP) is 1.98. The molecule has 2 atom stereocenters. The number of ether oxygens (including phenoxy) is 3. The number of halogens is 1. The van der Waals surface area contributed by atoms with Crippen LogP contribution in [0.2, 0.25) is 5.15 Å². The molecule has 150 valence electrons. The number of benzene rings is 1. The molecule has 28 heavy (non-hydrogen) atoms. The van der Waals surface area contributed by atoms with Crippen molar-refractivity contribution in [3.8, 4) is 5.75 Å². The highest BCUT2D eigenvalue weighted by Gasteiger charge is 2.50. The number of hydrogen-bond acceptors (Lipinski definition) is 9. The molecule has 0 unspecified atom stereocenters. The molecule has 10 nitrogen and oxygen atoms in total. The summed E-state index contributed by atoms with van der Waals surface area (Å²) >= 11 is 5.77. The Morgan fingerprint density at radius 1 is 1.29 bits per heavy atom. The molecule has 0 aliphatic carbocycles. The first-order valence-corrected chi connectivity index (χ1v) is 8.67. The van der Waals surface area contributed by atoms with Gasteiger partial charge in [0, 0.05) is 31.9 Å². The van der Waals surface area contributed by atoms with Crippen molar-refractivity contribution >= 4 is 23.1 Å². The lowest BCUT2D eigenvalue weighted by Gasteiger charge is -2.45. The Morgan fingerprint density at radius 3 is 2.57 bits per heavy atom. The van der Waals surface area contributed by atoms with Crippen LogP contribution in [-0.4, -0.2) is 59.4 Å². The number of hydrogen-bond donors (Lipinski definition) is 2. The van der Waals surface area contributed by atoms with Crippen LogP contribution < -0.4 is 10.1 Å². The summed E-state index contributed by atoms with van der Waals surface area (Å²) in [5, 5.41) is 33.3. The second-order valence-corrected chi connectivity index (χ2v) is 6.71. The van der Waals surface area contributed by atoms with Crippen molar-refractivity contribution < 1.29 is 24.2 Å². The van der Waals surface area contributed by atoms with Crippen LogP contribution in [0.25, 0.3) is 0 Å². The van der Waals surface area contributed by atoms with Crippen LogP contribution in [0.5, 0.6) is 5.75 Å². The third-order valence-corrected chi connectivity index (χ3v) is 4.62. The summed E-state index contributed by atoms with van der Waals surface area (Å²) in [4.78, 5) is 10.7. The van der Waals surface area contributed by atoms with E-state index in [0.29, 0.717) is 17.1 Å². The average Bonchev–Trinajstić information content (AvgIpc) is 2.67. The van der Waals surface area contributed by atoms with Crippen LogP contribution in [0.1, 0.15) is 11.6 Å². The summed E-state index contributed by atoms with van der Waals surface area (Å²) in [6, 6.07) is 6.49. The highest BCUT2D eigenvalue weighted by atomic mass is 35.5. The van der Waals surface area contributed by atoms with Crippen molar-refractivity contribution in [2.24, 2.45) is 0 Å². The van der Waals surface area contributed by atoms with Crippen molar-refractivity contribution in [2.75, 3.05) is 32.8 Å². The largest absolute Gasteiger partial charge is 0.479 e. The number of nitrogens with one attached hydrogen (secondary N) is 1. The molecule has 1 aliphatic rings. The van der Waals surface area contributed by atoms with Gasteiger partial charge in [0.05, 0.1) is 24.2 Å². The van der Waals surface area contributed by atoms with Gasteiger partial charge in [-0.2, -0.15) is 0 Å². The van der Waals surface area contributed by atoms with E-state index in [1.54, 1.807) is 6.07 Å². The van der Waals surface area contributed by atoms with Crippen molar-refractivity contribution in [3.63, 3.8) is 0 Å². The quantitative estimate of drug-likeness (QED) is 0.519. The molecular formula is C17H19ClN4O6. The number of non-ortho nitro benzene ring substituents is 1. The standard InChI is InChI=1S/C17H19ClN4O6/c1-26-8-17(9-27-2)16(23)15(19-14-6-5-13(18)20-21-14)11-7-10(22(24)25)3-4-12(11)28-17/h3-7,15-16,23H,8-9H2,1-2H3,(H,19,21)/t15-,16+/m1/s1. The van der Waals surface area contributed by atoms with E-state index in [-0.39, 0.29) is 24.1 Å². The molecule has 1 aliphatic heterocycles. The van der Waals surface area contributed by atoms with Gasteiger partial charge < -0.3 is 24.6 Å². The molecule has 2 aromatic rings. The first-order valence-electron chi connectivity index (χ1n) is 8.29. The van der Waals surface area contributed by atoms with Gasteiger partial charge in [0.1, 0.15) is 17.7 Å². The normalized spacial score (nSPS) is 20.1. The minimum Gasteiger partial charge on any atom is -0.479 e. The van der Waals surface area contributed by atoms with E-state index in [2.05, 4.69) is 15.5 Å². The van der Waals surface area contributed by atoms with E-state index >= 15 is 0 Å². The number of aliphatic hydroxyl groups is 1. The lowest BCUT2D eigenvalue weighted by atomic mass is 9.84. The fraction of sp³-hybridized carbons (Fsp3) is 0.412. The van der Waals surface area contributed by atoms with Gasteiger partial charge in [-0.25, -0.2) is 0 Å². The van der Waals surface area contributed by atoms with Crippen LogP contribution in [-0.2, 0) is 9.47 Å². The molecule has 1 aromatic carbocycles. The Labute approximate surface area is 165 Å². The third-order valence-electron chi connectivity index (χ3n) is 4.42. The van der Waals surface area contributed by atoms with Crippen LogP contribution in [0.15, 0.2) is 30.3 Å². The topological polar surface area (TPSA) is 129 Å². The second kappa shape index (κ2) is 8.23. The predicted molar refractivity (Wildman–Crippen MR) is 99.6 cm³/mol. The molecule has 3 rings (SSSR count). The van der Waals surface area contributed by atoms with Gasteiger partial charge in [-0.15, -0.1) is 10.2 Å². The molecule has 0 spiro atoms. The van der Waals surface area contributed by atoms with E-state index < -0.39 is 22.7 Å². The zero-order valence-electron chi connectivity index (χ0n) is 15.2. The average molecular weight is 411 g/mol. The lowest BCUT2D eigenvalue weighted by molar-refractivity contribution is -0.385. The van der Waals surface area contributed by atoms with Gasteiger partial charge in [-0.05, 0) is 18.2 Å². The molecule has 11 heteroatoms. The summed E-state index contributed by atoms with van der Waals surface area (Å²) in [5.74, 6) is 0.695. The van der Waals surface area contributed by atoms with Crippen molar-refractivity contribution in [2.45, 2.75) is 17.7 Å². The van der Waals surface area contributed by atoms with E-state index in [9.17, 15) is 15.2 Å². The maximum atomic E-state index is 11.2. The fourth-order valence-corrected chi connectivity index (χ4v) is 3.31. The molecule has 2 heterocycles. The Bertz CT molecular complexity index is 844. The van der Waals surface area contributed by atoms with Crippen LogP contribution >= 0.6 is 11.6 Å². The second-order valence-electron chi connectivity index (χ2n) is 6.32. The number of rotatable bonds is 7. The number of anilines is 1.